The van der Waals surface area contributed by atoms with Gasteiger partial charge in [-0.3, -0.25) is 0 Å². The molecule has 1 aliphatic rings. The molecule has 1 aromatic carbocycles. The summed E-state index contributed by atoms with van der Waals surface area (Å²) in [7, 11) is 0. The number of nitrogens with one attached hydrogen (secondary N) is 1. The van der Waals surface area contributed by atoms with Crippen molar-refractivity contribution in [3.8, 4) is 0 Å². The van der Waals surface area contributed by atoms with E-state index < -0.39 is 11.6 Å². The summed E-state index contributed by atoms with van der Waals surface area (Å²) in [6.45, 7) is 1.68. The van der Waals surface area contributed by atoms with Gasteiger partial charge in [0, 0.05) is 12.1 Å². The summed E-state index contributed by atoms with van der Waals surface area (Å²) in [6.07, 6.45) is 0. The maximum Gasteiger partial charge on any atom is 0.163 e. The van der Waals surface area contributed by atoms with Crippen molar-refractivity contribution in [2.75, 3.05) is 19.8 Å². The highest BCUT2D eigenvalue weighted by atomic mass is 35.5. The molecule has 1 saturated heterocycles. The lowest BCUT2D eigenvalue weighted by atomic mass is 10.1. The van der Waals surface area contributed by atoms with Crippen LogP contribution >= 0.6 is 12.4 Å². The molecule has 84 valence electrons. The Morgan fingerprint density at radius 1 is 1.33 bits per heavy atom. The molecular formula is C10H12ClF2NO. The third kappa shape index (κ3) is 2.65. The van der Waals surface area contributed by atoms with Gasteiger partial charge in [0.1, 0.15) is 0 Å². The Bertz CT molecular complexity index is 329. The third-order valence-electron chi connectivity index (χ3n) is 2.28. The first-order valence-corrected chi connectivity index (χ1v) is 4.54. The van der Waals surface area contributed by atoms with Crippen molar-refractivity contribution >= 4 is 12.4 Å². The quantitative estimate of drug-likeness (QED) is 0.805. The zero-order chi connectivity index (χ0) is 9.97. The van der Waals surface area contributed by atoms with E-state index in [9.17, 15) is 8.78 Å². The van der Waals surface area contributed by atoms with Crippen molar-refractivity contribution < 1.29 is 13.5 Å². The summed E-state index contributed by atoms with van der Waals surface area (Å²) in [5.41, 5.74) is 0.338. The van der Waals surface area contributed by atoms with Gasteiger partial charge >= 0.3 is 0 Å². The fraction of sp³-hybridized carbons (Fsp3) is 0.400. The molecule has 0 amide bonds. The van der Waals surface area contributed by atoms with Gasteiger partial charge in [-0.1, -0.05) is 12.1 Å². The van der Waals surface area contributed by atoms with Gasteiger partial charge in [0.2, 0.25) is 0 Å². The van der Waals surface area contributed by atoms with Crippen LogP contribution in [0.25, 0.3) is 0 Å². The highest BCUT2D eigenvalue weighted by molar-refractivity contribution is 5.85. The minimum absolute atomic E-state index is 0. The summed E-state index contributed by atoms with van der Waals surface area (Å²) in [4.78, 5) is 0. The van der Waals surface area contributed by atoms with Crippen LogP contribution in [-0.4, -0.2) is 19.8 Å². The molecule has 2 nitrogen and oxygen atoms in total. The van der Waals surface area contributed by atoms with E-state index in [2.05, 4.69) is 5.32 Å². The number of rotatable bonds is 1. The molecule has 1 heterocycles. The van der Waals surface area contributed by atoms with Gasteiger partial charge in [0.25, 0.3) is 0 Å². The van der Waals surface area contributed by atoms with Crippen molar-refractivity contribution in [1.29, 1.82) is 0 Å². The van der Waals surface area contributed by atoms with Gasteiger partial charge in [0.15, 0.2) is 11.6 Å². The van der Waals surface area contributed by atoms with Crippen molar-refractivity contribution in [3.63, 3.8) is 0 Å². The number of benzene rings is 1. The van der Waals surface area contributed by atoms with Gasteiger partial charge in [0.05, 0.1) is 19.3 Å². The highest BCUT2D eigenvalue weighted by Crippen LogP contribution is 2.20. The molecule has 1 atom stereocenters. The van der Waals surface area contributed by atoms with E-state index in [1.165, 1.54) is 6.07 Å². The smallest absolute Gasteiger partial charge is 0.163 e. The molecule has 15 heavy (non-hydrogen) atoms. The number of ether oxygens (including phenoxy) is 1. The van der Waals surface area contributed by atoms with Crippen LogP contribution in [0.4, 0.5) is 8.78 Å². The molecule has 1 aliphatic heterocycles. The number of hydrogen-bond acceptors (Lipinski definition) is 2. The molecular weight excluding hydrogens is 224 g/mol. The van der Waals surface area contributed by atoms with Crippen molar-refractivity contribution in [2.45, 2.75) is 6.04 Å². The average molecular weight is 236 g/mol. The highest BCUT2D eigenvalue weighted by Gasteiger charge is 2.20. The Labute approximate surface area is 93.0 Å². The second-order valence-corrected chi connectivity index (χ2v) is 3.22. The normalized spacial score (nSPS) is 20.8. The van der Waals surface area contributed by atoms with Crippen LogP contribution < -0.4 is 5.32 Å². The second kappa shape index (κ2) is 5.39. The van der Waals surface area contributed by atoms with Crippen LogP contribution in [0.5, 0.6) is 0 Å². The molecule has 0 spiro atoms. The first-order chi connectivity index (χ1) is 6.79. The second-order valence-electron chi connectivity index (χ2n) is 3.22. The number of halogens is 3. The fourth-order valence-electron chi connectivity index (χ4n) is 1.55. The van der Waals surface area contributed by atoms with E-state index in [-0.39, 0.29) is 18.4 Å². The van der Waals surface area contributed by atoms with Crippen LogP contribution in [0.1, 0.15) is 11.6 Å². The summed E-state index contributed by atoms with van der Waals surface area (Å²) in [5.74, 6) is -1.59. The zero-order valence-corrected chi connectivity index (χ0v) is 8.82. The largest absolute Gasteiger partial charge is 0.378 e. The van der Waals surface area contributed by atoms with Crippen LogP contribution in [0.15, 0.2) is 18.2 Å². The Morgan fingerprint density at radius 2 is 2.13 bits per heavy atom. The first-order valence-electron chi connectivity index (χ1n) is 4.54. The lowest BCUT2D eigenvalue weighted by molar-refractivity contribution is 0.0755. The van der Waals surface area contributed by atoms with Crippen molar-refractivity contribution in [1.82, 2.24) is 5.32 Å². The summed E-state index contributed by atoms with van der Waals surface area (Å²) in [6, 6.07) is 3.96. The molecule has 1 aromatic rings. The standard InChI is InChI=1S/C10H11F2NO.ClH/c11-8-3-1-2-7(10(8)12)9-6-14-5-4-13-9;/h1-3,9,13H,4-6H2;1H/t9-;/m0./s1. The van der Waals surface area contributed by atoms with Crippen molar-refractivity contribution in [3.05, 3.63) is 35.4 Å². The summed E-state index contributed by atoms with van der Waals surface area (Å²) >= 11 is 0. The van der Waals surface area contributed by atoms with Crippen LogP contribution in [-0.2, 0) is 4.74 Å². The molecule has 0 aromatic heterocycles. The molecule has 0 radical (unpaired) electrons. The Balaban J connectivity index is 0.00000112. The van der Waals surface area contributed by atoms with Gasteiger partial charge in [-0.25, -0.2) is 8.78 Å². The molecule has 0 unspecified atom stereocenters. The van der Waals surface area contributed by atoms with Crippen LogP contribution in [0.3, 0.4) is 0 Å². The molecule has 0 saturated carbocycles. The minimum Gasteiger partial charge on any atom is -0.378 e. The van der Waals surface area contributed by atoms with E-state index in [0.717, 1.165) is 6.07 Å². The monoisotopic (exact) mass is 235 g/mol. The van der Waals surface area contributed by atoms with E-state index in [0.29, 0.717) is 25.3 Å². The molecule has 5 heteroatoms. The summed E-state index contributed by atoms with van der Waals surface area (Å²) < 4.78 is 31.4. The number of morpholine rings is 1. The minimum atomic E-state index is -0.810. The van der Waals surface area contributed by atoms with Gasteiger partial charge in [-0.05, 0) is 6.07 Å². The molecule has 0 aliphatic carbocycles. The predicted octanol–water partition coefficient (Wildman–Crippen LogP) is 2.05. The van der Waals surface area contributed by atoms with Crippen LogP contribution in [0, 0.1) is 11.6 Å². The first kappa shape index (κ1) is 12.4. The maximum absolute atomic E-state index is 13.3. The van der Waals surface area contributed by atoms with E-state index in [1.54, 1.807) is 6.07 Å². The molecule has 1 N–H and O–H groups in total. The predicted molar refractivity (Wildman–Crippen MR) is 55.2 cm³/mol. The molecule has 2 rings (SSSR count). The van der Waals surface area contributed by atoms with E-state index in [4.69, 9.17) is 4.74 Å². The van der Waals surface area contributed by atoms with Gasteiger partial charge in [-0.15, -0.1) is 12.4 Å². The Kier molecular flexibility index (Phi) is 4.45. The fourth-order valence-corrected chi connectivity index (χ4v) is 1.55. The maximum atomic E-state index is 13.3. The van der Waals surface area contributed by atoms with Crippen LogP contribution in [0.2, 0.25) is 0 Å². The summed E-state index contributed by atoms with van der Waals surface area (Å²) in [5, 5.41) is 3.07. The topological polar surface area (TPSA) is 21.3 Å². The van der Waals surface area contributed by atoms with E-state index in [1.807, 2.05) is 0 Å². The SMILES string of the molecule is Cl.Fc1cccc([C@@H]2COCCN2)c1F. The van der Waals surface area contributed by atoms with Gasteiger partial charge < -0.3 is 10.1 Å². The Morgan fingerprint density at radius 3 is 2.80 bits per heavy atom. The number of hydrogen-bond donors (Lipinski definition) is 1. The van der Waals surface area contributed by atoms with Crippen molar-refractivity contribution in [2.24, 2.45) is 0 Å². The lowest BCUT2D eigenvalue weighted by Crippen LogP contribution is -2.35. The Hall–Kier alpha value is -0.710. The van der Waals surface area contributed by atoms with E-state index >= 15 is 0 Å². The zero-order valence-electron chi connectivity index (χ0n) is 8.00. The van der Waals surface area contributed by atoms with Gasteiger partial charge in [-0.2, -0.15) is 0 Å². The lowest BCUT2D eigenvalue weighted by Gasteiger charge is -2.24. The average Bonchev–Trinajstić information content (AvgIpc) is 2.23. The molecule has 0 bridgehead atoms. The molecule has 1 fully saturated rings. The third-order valence-corrected chi connectivity index (χ3v) is 2.28.